The lowest BCUT2D eigenvalue weighted by atomic mass is 10.0. The number of nitrogens with one attached hydrogen (secondary N) is 1. The highest BCUT2D eigenvalue weighted by atomic mass is 32.2. The Balaban J connectivity index is 1.12. The molecule has 2 saturated heterocycles. The summed E-state index contributed by atoms with van der Waals surface area (Å²) in [6.45, 7) is 3.03. The standard InChI is InChI=1S/C32H34F2N6O3S/c1-43-32(42)22-5-3-4-20(12-22)17-38-11-10-21(18-38)15-36-31(41)27-16-35-29-8-9-30(37-40(27)29)39-19-24(34)14-26(39)25-13-23(33)6-7-28(25)44-2/h3-9,12-13,16,21,24,26H,10-11,14-15,17-19H2,1-2H3,(H,36,41)/t21?,24-,26+/m0/s1. The second-order valence-corrected chi connectivity index (χ2v) is 12.1. The molecule has 0 bridgehead atoms. The number of hydrogen-bond acceptors (Lipinski definition) is 8. The van der Waals surface area contributed by atoms with E-state index in [-0.39, 0.29) is 42.6 Å². The van der Waals surface area contributed by atoms with Gasteiger partial charge < -0.3 is 15.0 Å². The van der Waals surface area contributed by atoms with Crippen LogP contribution in [0.1, 0.15) is 50.9 Å². The quantitative estimate of drug-likeness (QED) is 0.208. The molecule has 2 aromatic carbocycles. The molecule has 2 fully saturated rings. The zero-order valence-electron chi connectivity index (χ0n) is 24.6. The molecule has 230 valence electrons. The number of amides is 1. The number of alkyl halides is 1. The largest absolute Gasteiger partial charge is 0.465 e. The Bertz CT molecular complexity index is 1680. The van der Waals surface area contributed by atoms with Crippen molar-refractivity contribution >= 4 is 35.1 Å². The van der Waals surface area contributed by atoms with Crippen LogP contribution in [-0.4, -0.2) is 77.1 Å². The Morgan fingerprint density at radius 1 is 1.14 bits per heavy atom. The lowest BCUT2D eigenvalue weighted by Crippen LogP contribution is -2.32. The van der Waals surface area contributed by atoms with E-state index in [0.29, 0.717) is 35.8 Å². The molecular formula is C32H34F2N6O3S. The molecule has 4 aromatic rings. The Hall–Kier alpha value is -4.03. The normalized spacial score (nSPS) is 20.4. The number of carbonyl (C=O) groups excluding carboxylic acids is 2. The predicted molar refractivity (Wildman–Crippen MR) is 164 cm³/mol. The average Bonchev–Trinajstić information content (AvgIpc) is 3.77. The molecule has 0 aliphatic carbocycles. The number of esters is 1. The molecule has 3 atom stereocenters. The zero-order valence-corrected chi connectivity index (χ0v) is 25.4. The monoisotopic (exact) mass is 620 g/mol. The summed E-state index contributed by atoms with van der Waals surface area (Å²) in [6.07, 6.45) is 3.48. The van der Waals surface area contributed by atoms with Crippen LogP contribution >= 0.6 is 11.8 Å². The van der Waals surface area contributed by atoms with Crippen LogP contribution in [0.2, 0.25) is 0 Å². The molecule has 6 rings (SSSR count). The van der Waals surface area contributed by atoms with Gasteiger partial charge in [0.1, 0.15) is 17.8 Å². The van der Waals surface area contributed by atoms with Gasteiger partial charge in [0.25, 0.3) is 5.91 Å². The summed E-state index contributed by atoms with van der Waals surface area (Å²) in [5.74, 6) is -0.244. The molecule has 0 saturated carbocycles. The van der Waals surface area contributed by atoms with E-state index in [1.165, 1.54) is 41.7 Å². The maximum Gasteiger partial charge on any atom is 0.337 e. The fourth-order valence-electron chi connectivity index (χ4n) is 6.19. The van der Waals surface area contributed by atoms with Gasteiger partial charge in [0, 0.05) is 31.0 Å². The number of methoxy groups -OCH3 is 1. The summed E-state index contributed by atoms with van der Waals surface area (Å²) in [7, 11) is 1.37. The van der Waals surface area contributed by atoms with Crippen molar-refractivity contribution in [3.05, 3.63) is 89.0 Å². The van der Waals surface area contributed by atoms with Gasteiger partial charge in [-0.15, -0.1) is 16.9 Å². The van der Waals surface area contributed by atoms with Crippen molar-refractivity contribution in [2.45, 2.75) is 36.5 Å². The Kier molecular flexibility index (Phi) is 8.81. The van der Waals surface area contributed by atoms with Gasteiger partial charge in [0.2, 0.25) is 0 Å². The number of ether oxygens (including phenoxy) is 1. The number of hydrogen-bond donors (Lipinski definition) is 1. The minimum atomic E-state index is -1.09. The molecule has 1 N–H and O–H groups in total. The van der Waals surface area contributed by atoms with E-state index in [9.17, 15) is 18.4 Å². The van der Waals surface area contributed by atoms with E-state index in [1.54, 1.807) is 24.3 Å². The number of fused-ring (bicyclic) bond motifs is 1. The van der Waals surface area contributed by atoms with Gasteiger partial charge in [-0.1, -0.05) is 12.1 Å². The van der Waals surface area contributed by atoms with Crippen LogP contribution < -0.4 is 10.2 Å². The van der Waals surface area contributed by atoms with E-state index in [1.807, 2.05) is 29.4 Å². The van der Waals surface area contributed by atoms with Crippen molar-refractivity contribution in [2.75, 3.05) is 44.4 Å². The maximum atomic E-state index is 14.8. The number of anilines is 1. The van der Waals surface area contributed by atoms with Crippen molar-refractivity contribution in [3.63, 3.8) is 0 Å². The molecule has 1 unspecified atom stereocenters. The second kappa shape index (κ2) is 12.9. The number of halogens is 2. The van der Waals surface area contributed by atoms with Gasteiger partial charge in [0.15, 0.2) is 11.3 Å². The van der Waals surface area contributed by atoms with E-state index in [4.69, 9.17) is 9.84 Å². The molecule has 1 amide bonds. The fourth-order valence-corrected chi connectivity index (χ4v) is 6.83. The van der Waals surface area contributed by atoms with Crippen molar-refractivity contribution in [3.8, 4) is 0 Å². The maximum absolute atomic E-state index is 14.8. The smallest absolute Gasteiger partial charge is 0.337 e. The number of aromatic nitrogens is 3. The van der Waals surface area contributed by atoms with E-state index in [2.05, 4.69) is 15.2 Å². The average molecular weight is 621 g/mol. The van der Waals surface area contributed by atoms with Gasteiger partial charge in [-0.25, -0.2) is 23.1 Å². The molecular weight excluding hydrogens is 586 g/mol. The van der Waals surface area contributed by atoms with E-state index >= 15 is 0 Å². The van der Waals surface area contributed by atoms with Gasteiger partial charge in [-0.2, -0.15) is 0 Å². The van der Waals surface area contributed by atoms with Crippen LogP contribution in [0, 0.1) is 11.7 Å². The van der Waals surface area contributed by atoms with Crippen molar-refractivity contribution in [2.24, 2.45) is 5.92 Å². The van der Waals surface area contributed by atoms with Crippen molar-refractivity contribution < 1.29 is 23.1 Å². The molecule has 2 aliphatic rings. The number of benzene rings is 2. The van der Waals surface area contributed by atoms with Crippen LogP contribution in [0.4, 0.5) is 14.6 Å². The lowest BCUT2D eigenvalue weighted by Gasteiger charge is -2.27. The number of nitrogens with zero attached hydrogens (tertiary/aromatic N) is 5. The summed E-state index contributed by atoms with van der Waals surface area (Å²) in [5.41, 5.74) is 3.08. The summed E-state index contributed by atoms with van der Waals surface area (Å²) in [6, 6.07) is 15.2. The number of likely N-dealkylation sites (tertiary alicyclic amines) is 1. The third kappa shape index (κ3) is 6.27. The molecule has 2 aliphatic heterocycles. The highest BCUT2D eigenvalue weighted by Crippen LogP contribution is 2.40. The molecule has 9 nitrogen and oxygen atoms in total. The van der Waals surface area contributed by atoms with Gasteiger partial charge >= 0.3 is 5.97 Å². The third-order valence-electron chi connectivity index (χ3n) is 8.35. The summed E-state index contributed by atoms with van der Waals surface area (Å²) < 4.78 is 35.3. The summed E-state index contributed by atoms with van der Waals surface area (Å²) >= 11 is 1.49. The first-order valence-corrected chi connectivity index (χ1v) is 15.8. The zero-order chi connectivity index (χ0) is 30.8. The molecule has 0 spiro atoms. The first-order chi connectivity index (χ1) is 21.3. The molecule has 0 radical (unpaired) electrons. The van der Waals surface area contributed by atoms with Crippen LogP contribution in [0.5, 0.6) is 0 Å². The SMILES string of the molecule is COC(=O)c1cccc(CN2CCC(CNC(=O)c3cnc4ccc(N5C[C@@H](F)C[C@@H]5c5cc(F)ccc5SC)nn34)C2)c1. The van der Waals surface area contributed by atoms with Crippen LogP contribution in [0.3, 0.4) is 0 Å². The number of thioether (sulfide) groups is 1. The van der Waals surface area contributed by atoms with Crippen LogP contribution in [0.15, 0.2) is 65.7 Å². The van der Waals surface area contributed by atoms with Crippen molar-refractivity contribution in [1.82, 2.24) is 24.8 Å². The lowest BCUT2D eigenvalue weighted by molar-refractivity contribution is 0.0600. The highest BCUT2D eigenvalue weighted by molar-refractivity contribution is 7.98. The highest BCUT2D eigenvalue weighted by Gasteiger charge is 2.36. The topological polar surface area (TPSA) is 92.1 Å². The summed E-state index contributed by atoms with van der Waals surface area (Å²) in [4.78, 5) is 34.5. The molecule has 44 heavy (non-hydrogen) atoms. The van der Waals surface area contributed by atoms with Crippen LogP contribution in [0.25, 0.3) is 5.65 Å². The Labute approximate surface area is 258 Å². The van der Waals surface area contributed by atoms with Gasteiger partial charge in [-0.3, -0.25) is 9.69 Å². The first-order valence-electron chi connectivity index (χ1n) is 14.6. The van der Waals surface area contributed by atoms with Crippen LogP contribution in [-0.2, 0) is 11.3 Å². The van der Waals surface area contributed by atoms with Crippen molar-refractivity contribution in [1.29, 1.82) is 0 Å². The Morgan fingerprint density at radius 2 is 2.00 bits per heavy atom. The van der Waals surface area contributed by atoms with Gasteiger partial charge in [0.05, 0.1) is 31.5 Å². The Morgan fingerprint density at radius 3 is 2.82 bits per heavy atom. The summed E-state index contributed by atoms with van der Waals surface area (Å²) in [5, 5.41) is 7.74. The fraction of sp³-hybridized carbons (Fsp3) is 0.375. The first kappa shape index (κ1) is 30.0. The third-order valence-corrected chi connectivity index (χ3v) is 9.16. The second-order valence-electron chi connectivity index (χ2n) is 11.3. The number of imidazole rings is 1. The molecule has 12 heteroatoms. The van der Waals surface area contributed by atoms with Gasteiger partial charge in [-0.05, 0) is 78.7 Å². The number of rotatable bonds is 9. The van der Waals surface area contributed by atoms with E-state index in [0.717, 1.165) is 35.5 Å². The molecule has 4 heterocycles. The minimum Gasteiger partial charge on any atom is -0.465 e. The number of carbonyl (C=O) groups is 2. The molecule has 2 aromatic heterocycles. The minimum absolute atomic E-state index is 0.120. The van der Waals surface area contributed by atoms with E-state index < -0.39 is 6.17 Å². The predicted octanol–water partition coefficient (Wildman–Crippen LogP) is 4.92.